The highest BCUT2D eigenvalue weighted by molar-refractivity contribution is 5.70. The van der Waals surface area contributed by atoms with E-state index in [-0.39, 0.29) is 0 Å². The van der Waals surface area contributed by atoms with E-state index in [2.05, 4.69) is 26.0 Å². The molecule has 0 saturated heterocycles. The number of rotatable bonds is 8. The molecule has 0 spiro atoms. The van der Waals surface area contributed by atoms with Crippen molar-refractivity contribution in [3.63, 3.8) is 0 Å². The third kappa shape index (κ3) is 3.92. The van der Waals surface area contributed by atoms with Gasteiger partial charge in [0.25, 0.3) is 0 Å². The minimum Gasteiger partial charge on any atom is -0.453 e. The molecule has 1 aliphatic heterocycles. The molecule has 127 valence electrons. The third-order valence-corrected chi connectivity index (χ3v) is 4.87. The maximum Gasteiger partial charge on any atom is 0.153 e. The predicted molar refractivity (Wildman–Crippen MR) is 101 cm³/mol. The minimum absolute atomic E-state index is 0.517. The first-order valence-electron chi connectivity index (χ1n) is 9.41. The Kier molecular flexibility index (Phi) is 5.79. The number of hydrogen-bond donors (Lipinski definition) is 0. The number of benzene rings is 2. The van der Waals surface area contributed by atoms with Crippen molar-refractivity contribution in [2.75, 3.05) is 0 Å². The van der Waals surface area contributed by atoms with Gasteiger partial charge in [-0.2, -0.15) is 0 Å². The van der Waals surface area contributed by atoms with Gasteiger partial charge < -0.3 is 4.74 Å². The zero-order valence-corrected chi connectivity index (χ0v) is 14.9. The quantitative estimate of drug-likeness (QED) is 0.402. The van der Waals surface area contributed by atoms with Gasteiger partial charge >= 0.3 is 0 Å². The third-order valence-electron chi connectivity index (χ3n) is 4.87. The van der Waals surface area contributed by atoms with Gasteiger partial charge in [-0.3, -0.25) is 0 Å². The van der Waals surface area contributed by atoms with Crippen molar-refractivity contribution in [1.82, 2.24) is 5.32 Å². The smallest absolute Gasteiger partial charge is 0.153 e. The van der Waals surface area contributed by atoms with Crippen LogP contribution in [0.4, 0.5) is 11.4 Å². The number of ether oxygens (including phenoxy) is 1. The van der Waals surface area contributed by atoms with Crippen molar-refractivity contribution in [3.8, 4) is 11.5 Å². The van der Waals surface area contributed by atoms with E-state index in [0.29, 0.717) is 5.92 Å². The molecule has 3 rings (SSSR count). The number of hydrogen-bond acceptors (Lipinski definition) is 1. The van der Waals surface area contributed by atoms with Gasteiger partial charge in [0.1, 0.15) is 11.4 Å². The Bertz CT molecular complexity index is 665. The van der Waals surface area contributed by atoms with Crippen LogP contribution in [0.2, 0.25) is 0 Å². The van der Waals surface area contributed by atoms with Gasteiger partial charge in [-0.1, -0.05) is 76.6 Å². The van der Waals surface area contributed by atoms with E-state index in [1.54, 1.807) is 0 Å². The zero-order valence-electron chi connectivity index (χ0n) is 14.9. The lowest BCUT2D eigenvalue weighted by molar-refractivity contribution is 0.468. The Morgan fingerprint density at radius 2 is 1.62 bits per heavy atom. The Labute approximate surface area is 146 Å². The standard InChI is InChI=1S/C22H28NO/c1-3-4-5-6-7-8-12-17(2)18-13-11-16-21-22(18)23-19-14-9-10-15-20(19)24-21/h9-11,13-17H,3-8,12H2,1-2H3. The first-order chi connectivity index (χ1) is 11.8. The summed E-state index contributed by atoms with van der Waals surface area (Å²) in [5.41, 5.74) is 3.27. The van der Waals surface area contributed by atoms with Gasteiger partial charge in [-0.25, -0.2) is 5.32 Å². The molecular formula is C22H28NO. The molecule has 2 aromatic rings. The molecule has 1 aliphatic rings. The number of fused-ring (bicyclic) bond motifs is 2. The highest BCUT2D eigenvalue weighted by atomic mass is 16.5. The second-order valence-electron chi connectivity index (χ2n) is 6.83. The molecule has 0 fully saturated rings. The monoisotopic (exact) mass is 322 g/mol. The van der Waals surface area contributed by atoms with Crippen LogP contribution in [0, 0.1) is 0 Å². The topological polar surface area (TPSA) is 23.3 Å². The fourth-order valence-corrected chi connectivity index (χ4v) is 3.40. The molecule has 24 heavy (non-hydrogen) atoms. The summed E-state index contributed by atoms with van der Waals surface area (Å²) < 4.78 is 6.04. The maximum absolute atomic E-state index is 6.04. The molecule has 2 heteroatoms. The van der Waals surface area contributed by atoms with E-state index in [9.17, 15) is 0 Å². The summed E-state index contributed by atoms with van der Waals surface area (Å²) >= 11 is 0. The Morgan fingerprint density at radius 3 is 2.50 bits per heavy atom. The van der Waals surface area contributed by atoms with Crippen molar-refractivity contribution in [2.24, 2.45) is 0 Å². The molecule has 1 radical (unpaired) electrons. The van der Waals surface area contributed by atoms with Crippen molar-refractivity contribution in [1.29, 1.82) is 0 Å². The predicted octanol–water partition coefficient (Wildman–Crippen LogP) is 7.21. The van der Waals surface area contributed by atoms with Crippen LogP contribution in [0.1, 0.15) is 70.3 Å². The van der Waals surface area contributed by atoms with Crippen molar-refractivity contribution in [2.45, 2.75) is 64.7 Å². The second-order valence-corrected chi connectivity index (χ2v) is 6.83. The molecule has 0 amide bonds. The molecule has 0 bridgehead atoms. The van der Waals surface area contributed by atoms with Crippen LogP contribution in [0.5, 0.6) is 11.5 Å². The highest BCUT2D eigenvalue weighted by Gasteiger charge is 2.22. The van der Waals surface area contributed by atoms with Gasteiger partial charge in [0.15, 0.2) is 11.5 Å². The lowest BCUT2D eigenvalue weighted by Crippen LogP contribution is -2.06. The van der Waals surface area contributed by atoms with Gasteiger partial charge in [0.05, 0.1) is 0 Å². The minimum atomic E-state index is 0.517. The van der Waals surface area contributed by atoms with Crippen LogP contribution in [-0.2, 0) is 0 Å². The molecule has 0 aromatic heterocycles. The maximum atomic E-state index is 6.04. The van der Waals surface area contributed by atoms with Gasteiger partial charge in [-0.15, -0.1) is 0 Å². The first kappa shape index (κ1) is 16.9. The van der Waals surface area contributed by atoms with Gasteiger partial charge in [0, 0.05) is 0 Å². The molecule has 1 atom stereocenters. The van der Waals surface area contributed by atoms with Gasteiger partial charge in [0.2, 0.25) is 0 Å². The average Bonchev–Trinajstić information content (AvgIpc) is 2.62. The summed E-state index contributed by atoms with van der Waals surface area (Å²) in [4.78, 5) is 0. The van der Waals surface area contributed by atoms with Crippen molar-refractivity contribution < 1.29 is 4.74 Å². The number of unbranched alkanes of at least 4 members (excludes halogenated alkanes) is 5. The van der Waals surface area contributed by atoms with Gasteiger partial charge in [-0.05, 0) is 36.1 Å². The van der Waals surface area contributed by atoms with Crippen LogP contribution in [0.25, 0.3) is 0 Å². The largest absolute Gasteiger partial charge is 0.453 e. The molecule has 1 heterocycles. The molecule has 1 unspecified atom stereocenters. The lowest BCUT2D eigenvalue weighted by Gasteiger charge is -2.24. The Hall–Kier alpha value is -1.96. The molecular weight excluding hydrogens is 294 g/mol. The van der Waals surface area contributed by atoms with Crippen LogP contribution >= 0.6 is 0 Å². The molecule has 0 saturated carbocycles. The normalized spacial score (nSPS) is 13.4. The summed E-state index contributed by atoms with van der Waals surface area (Å²) in [5.74, 6) is 2.26. The number of para-hydroxylation sites is 3. The fraction of sp³-hybridized carbons (Fsp3) is 0.455. The zero-order chi connectivity index (χ0) is 16.8. The molecule has 0 N–H and O–H groups in total. The summed E-state index contributed by atoms with van der Waals surface area (Å²) in [7, 11) is 0. The van der Waals surface area contributed by atoms with Crippen LogP contribution in [-0.4, -0.2) is 0 Å². The van der Waals surface area contributed by atoms with Crippen molar-refractivity contribution in [3.05, 3.63) is 48.0 Å². The van der Waals surface area contributed by atoms with E-state index in [1.807, 2.05) is 30.3 Å². The average molecular weight is 322 g/mol. The van der Waals surface area contributed by atoms with E-state index in [1.165, 1.54) is 50.5 Å². The van der Waals surface area contributed by atoms with Crippen LogP contribution < -0.4 is 10.1 Å². The highest BCUT2D eigenvalue weighted by Crippen LogP contribution is 2.45. The van der Waals surface area contributed by atoms with Crippen LogP contribution in [0.15, 0.2) is 42.5 Å². The molecule has 2 aromatic carbocycles. The molecule has 2 nitrogen and oxygen atoms in total. The van der Waals surface area contributed by atoms with E-state index < -0.39 is 0 Å². The summed E-state index contributed by atoms with van der Waals surface area (Å²) in [5, 5.41) is 4.87. The Balaban J connectivity index is 1.63. The lowest BCUT2D eigenvalue weighted by atomic mass is 9.92. The van der Waals surface area contributed by atoms with E-state index >= 15 is 0 Å². The number of nitrogens with zero attached hydrogens (tertiary/aromatic N) is 1. The van der Waals surface area contributed by atoms with Crippen molar-refractivity contribution >= 4 is 11.4 Å². The SMILES string of the molecule is CCCCCCCCC(C)c1cccc2c1[N]c1ccccc1O2. The summed E-state index contributed by atoms with van der Waals surface area (Å²) in [6, 6.07) is 14.3. The second kappa shape index (κ2) is 8.23. The Morgan fingerprint density at radius 1 is 0.875 bits per heavy atom. The van der Waals surface area contributed by atoms with E-state index in [0.717, 1.165) is 22.9 Å². The van der Waals surface area contributed by atoms with Crippen LogP contribution in [0.3, 0.4) is 0 Å². The fourth-order valence-electron chi connectivity index (χ4n) is 3.40. The summed E-state index contributed by atoms with van der Waals surface area (Å²) in [6.07, 6.45) is 9.30. The van der Waals surface area contributed by atoms with E-state index in [4.69, 9.17) is 10.1 Å². The first-order valence-corrected chi connectivity index (χ1v) is 9.41. The summed E-state index contributed by atoms with van der Waals surface area (Å²) in [6.45, 7) is 4.59. The molecule has 0 aliphatic carbocycles.